The Morgan fingerprint density at radius 1 is 1.36 bits per heavy atom. The first-order valence-corrected chi connectivity index (χ1v) is 7.80. The molecule has 0 aromatic heterocycles. The maximum atomic E-state index is 12.1. The predicted octanol–water partition coefficient (Wildman–Crippen LogP) is 1.59. The van der Waals surface area contributed by atoms with Crippen molar-refractivity contribution in [1.29, 1.82) is 0 Å². The second kappa shape index (κ2) is 8.97. The molecular formula is C15H18ClN3O6. The Labute approximate surface area is 148 Å². The van der Waals surface area contributed by atoms with Crippen molar-refractivity contribution in [2.45, 2.75) is 26.3 Å². The number of halogens is 1. The highest BCUT2D eigenvalue weighted by Gasteiger charge is 2.27. The van der Waals surface area contributed by atoms with E-state index in [-0.39, 0.29) is 16.5 Å². The number of aliphatic carboxylic acids is 1. The highest BCUT2D eigenvalue weighted by atomic mass is 35.5. The molecule has 2 amide bonds. The summed E-state index contributed by atoms with van der Waals surface area (Å²) >= 11 is 5.83. The normalized spacial score (nSPS) is 12.8. The molecule has 0 fully saturated rings. The Hall–Kier alpha value is -2.68. The highest BCUT2D eigenvalue weighted by Crippen LogP contribution is 2.25. The first-order valence-electron chi connectivity index (χ1n) is 7.42. The molecule has 0 heterocycles. The molecule has 10 heteroatoms. The number of nitro groups is 1. The van der Waals surface area contributed by atoms with Gasteiger partial charge < -0.3 is 15.7 Å². The lowest BCUT2D eigenvalue weighted by molar-refractivity contribution is -0.385. The van der Waals surface area contributed by atoms with Crippen LogP contribution in [0.1, 0.15) is 30.6 Å². The molecule has 3 N–H and O–H groups in total. The lowest BCUT2D eigenvalue weighted by atomic mass is 9.99. The molecule has 1 rings (SSSR count). The second-order valence-corrected chi connectivity index (χ2v) is 5.75. The van der Waals surface area contributed by atoms with E-state index in [1.54, 1.807) is 13.8 Å². The smallest absolute Gasteiger partial charge is 0.326 e. The Kier molecular flexibility index (Phi) is 7.31. The van der Waals surface area contributed by atoms with Crippen molar-refractivity contribution in [3.05, 3.63) is 38.9 Å². The number of hydrogen-bond donors (Lipinski definition) is 3. The fourth-order valence-corrected chi connectivity index (χ4v) is 2.30. The van der Waals surface area contributed by atoms with E-state index in [1.807, 2.05) is 0 Å². The maximum Gasteiger partial charge on any atom is 0.326 e. The van der Waals surface area contributed by atoms with Crippen LogP contribution in [0.5, 0.6) is 0 Å². The van der Waals surface area contributed by atoms with Gasteiger partial charge >= 0.3 is 5.97 Å². The van der Waals surface area contributed by atoms with Crippen LogP contribution in [0.3, 0.4) is 0 Å². The average molecular weight is 372 g/mol. The van der Waals surface area contributed by atoms with Crippen molar-refractivity contribution in [1.82, 2.24) is 10.6 Å². The van der Waals surface area contributed by atoms with E-state index < -0.39 is 41.0 Å². The largest absolute Gasteiger partial charge is 0.480 e. The number of carboxylic acids is 1. The fraction of sp³-hybridized carbons (Fsp3) is 0.400. The third-order valence-corrected chi connectivity index (χ3v) is 3.94. The van der Waals surface area contributed by atoms with Gasteiger partial charge in [0.15, 0.2) is 0 Å². The van der Waals surface area contributed by atoms with E-state index >= 15 is 0 Å². The first kappa shape index (κ1) is 20.4. The average Bonchev–Trinajstić information content (AvgIpc) is 2.56. The van der Waals surface area contributed by atoms with Crippen LogP contribution in [0.2, 0.25) is 5.02 Å². The molecule has 0 unspecified atom stereocenters. The summed E-state index contributed by atoms with van der Waals surface area (Å²) in [6.07, 6.45) is 0.537. The van der Waals surface area contributed by atoms with E-state index in [1.165, 1.54) is 12.1 Å². The molecule has 0 saturated carbocycles. The van der Waals surface area contributed by atoms with Crippen LogP contribution in [0.25, 0.3) is 0 Å². The number of carbonyl (C=O) groups excluding carboxylic acids is 2. The Morgan fingerprint density at radius 2 is 2.00 bits per heavy atom. The van der Waals surface area contributed by atoms with Crippen LogP contribution in [0.4, 0.5) is 5.69 Å². The number of carbonyl (C=O) groups is 3. The number of nitro benzene ring substituents is 1. The molecule has 1 aromatic rings. The fourth-order valence-electron chi connectivity index (χ4n) is 2.05. The third kappa shape index (κ3) is 5.42. The Bertz CT molecular complexity index is 694. The first-order chi connectivity index (χ1) is 11.7. The molecular weight excluding hydrogens is 354 g/mol. The van der Waals surface area contributed by atoms with Gasteiger partial charge in [0.2, 0.25) is 5.91 Å². The standard InChI is InChI=1S/C15H18ClN3O6/c1-3-8(2)13(15(22)23)18-11(20)7-17-14(21)12-9(16)5-4-6-10(12)19(24)25/h4-6,8,13H,3,7H2,1-2H3,(H,17,21)(H,18,20)(H,22,23)/t8-,13-/m0/s1. The number of nitrogens with zero attached hydrogens (tertiary/aromatic N) is 1. The molecule has 0 aliphatic heterocycles. The number of nitrogens with one attached hydrogen (secondary N) is 2. The van der Waals surface area contributed by atoms with E-state index in [0.717, 1.165) is 6.07 Å². The number of amides is 2. The van der Waals surface area contributed by atoms with Gasteiger partial charge in [-0.1, -0.05) is 37.9 Å². The van der Waals surface area contributed by atoms with E-state index in [9.17, 15) is 24.5 Å². The lowest BCUT2D eigenvalue weighted by Crippen LogP contribution is -2.48. The van der Waals surface area contributed by atoms with E-state index in [4.69, 9.17) is 16.7 Å². The van der Waals surface area contributed by atoms with Gasteiger partial charge in [-0.3, -0.25) is 19.7 Å². The van der Waals surface area contributed by atoms with Crippen molar-refractivity contribution in [2.75, 3.05) is 6.54 Å². The topological polar surface area (TPSA) is 139 Å². The number of hydrogen-bond acceptors (Lipinski definition) is 5. The van der Waals surface area contributed by atoms with Crippen LogP contribution < -0.4 is 10.6 Å². The molecule has 0 aliphatic carbocycles. The summed E-state index contributed by atoms with van der Waals surface area (Å²) in [7, 11) is 0. The SMILES string of the molecule is CC[C@H](C)[C@H](NC(=O)CNC(=O)c1c(Cl)cccc1[N+](=O)[O-])C(=O)O. The van der Waals surface area contributed by atoms with E-state index in [0.29, 0.717) is 6.42 Å². The quantitative estimate of drug-likeness (QED) is 0.468. The van der Waals surface area contributed by atoms with Crippen molar-refractivity contribution < 1.29 is 24.4 Å². The third-order valence-electron chi connectivity index (χ3n) is 3.62. The van der Waals surface area contributed by atoms with Gasteiger partial charge in [-0.2, -0.15) is 0 Å². The minimum Gasteiger partial charge on any atom is -0.480 e. The molecule has 9 nitrogen and oxygen atoms in total. The minimum atomic E-state index is -1.18. The molecule has 25 heavy (non-hydrogen) atoms. The highest BCUT2D eigenvalue weighted by molar-refractivity contribution is 6.34. The lowest BCUT2D eigenvalue weighted by Gasteiger charge is -2.20. The molecule has 0 spiro atoms. The Morgan fingerprint density at radius 3 is 2.52 bits per heavy atom. The van der Waals surface area contributed by atoms with Gasteiger partial charge in [0, 0.05) is 6.07 Å². The van der Waals surface area contributed by atoms with Gasteiger partial charge in [-0.25, -0.2) is 4.79 Å². The van der Waals surface area contributed by atoms with Crippen LogP contribution in [-0.2, 0) is 9.59 Å². The van der Waals surface area contributed by atoms with Crippen molar-refractivity contribution in [3.63, 3.8) is 0 Å². The molecule has 0 saturated heterocycles. The molecule has 0 radical (unpaired) electrons. The summed E-state index contributed by atoms with van der Waals surface area (Å²) in [6, 6.07) is 2.66. The molecule has 0 bridgehead atoms. The molecule has 136 valence electrons. The van der Waals surface area contributed by atoms with Crippen LogP contribution in [0.15, 0.2) is 18.2 Å². The summed E-state index contributed by atoms with van der Waals surface area (Å²) in [5, 5.41) is 24.5. The van der Waals surface area contributed by atoms with Gasteiger partial charge in [-0.15, -0.1) is 0 Å². The molecule has 2 atom stereocenters. The summed E-state index contributed by atoms with van der Waals surface area (Å²) in [5.41, 5.74) is -0.855. The summed E-state index contributed by atoms with van der Waals surface area (Å²) in [6.45, 7) is 2.91. The number of benzene rings is 1. The van der Waals surface area contributed by atoms with Gasteiger partial charge in [0.05, 0.1) is 16.5 Å². The summed E-state index contributed by atoms with van der Waals surface area (Å²) < 4.78 is 0. The maximum absolute atomic E-state index is 12.1. The minimum absolute atomic E-state index is 0.130. The van der Waals surface area contributed by atoms with Crippen molar-refractivity contribution in [3.8, 4) is 0 Å². The summed E-state index contributed by atoms with van der Waals surface area (Å²) in [4.78, 5) is 45.3. The van der Waals surface area contributed by atoms with Crippen molar-refractivity contribution in [2.24, 2.45) is 5.92 Å². The van der Waals surface area contributed by atoms with Crippen LogP contribution >= 0.6 is 11.6 Å². The molecule has 0 aliphatic rings. The zero-order chi connectivity index (χ0) is 19.1. The monoisotopic (exact) mass is 371 g/mol. The molecule has 1 aromatic carbocycles. The zero-order valence-electron chi connectivity index (χ0n) is 13.6. The predicted molar refractivity (Wildman–Crippen MR) is 89.5 cm³/mol. The van der Waals surface area contributed by atoms with Gasteiger partial charge in [0.1, 0.15) is 11.6 Å². The summed E-state index contributed by atoms with van der Waals surface area (Å²) in [5.74, 6) is -3.11. The van der Waals surface area contributed by atoms with Gasteiger partial charge in [0.25, 0.3) is 11.6 Å². The van der Waals surface area contributed by atoms with Gasteiger partial charge in [-0.05, 0) is 12.0 Å². The van der Waals surface area contributed by atoms with Crippen LogP contribution in [0, 0.1) is 16.0 Å². The number of rotatable bonds is 8. The van der Waals surface area contributed by atoms with Crippen LogP contribution in [-0.4, -0.2) is 40.4 Å². The Balaban J connectivity index is 2.79. The second-order valence-electron chi connectivity index (χ2n) is 5.34. The van der Waals surface area contributed by atoms with Crippen molar-refractivity contribution >= 4 is 35.1 Å². The zero-order valence-corrected chi connectivity index (χ0v) is 14.4. The number of carboxylic acid groups (broad SMARTS) is 1. The van der Waals surface area contributed by atoms with E-state index in [2.05, 4.69) is 10.6 Å².